The molecule has 0 saturated heterocycles. The summed E-state index contributed by atoms with van der Waals surface area (Å²) in [5.41, 5.74) is -1.19. The number of aliphatic hydroxyl groups excluding tert-OH is 1. The van der Waals surface area contributed by atoms with Crippen LogP contribution in [0.15, 0.2) is 24.3 Å². The van der Waals surface area contributed by atoms with Crippen molar-refractivity contribution in [1.82, 2.24) is 0 Å². The minimum atomic E-state index is -1.19. The van der Waals surface area contributed by atoms with E-state index in [-0.39, 0.29) is 31.7 Å². The van der Waals surface area contributed by atoms with Crippen molar-refractivity contribution in [2.24, 2.45) is 17.3 Å². The Morgan fingerprint density at radius 2 is 2.03 bits per heavy atom. The molecule has 0 radical (unpaired) electrons. The fourth-order valence-electron chi connectivity index (χ4n) is 4.22. The average Bonchev–Trinajstić information content (AvgIpc) is 2.99. The van der Waals surface area contributed by atoms with Crippen molar-refractivity contribution in [3.63, 3.8) is 0 Å². The summed E-state index contributed by atoms with van der Waals surface area (Å²) < 4.78 is 5.05. The summed E-state index contributed by atoms with van der Waals surface area (Å²) >= 11 is 0. The number of carbonyl (C=O) groups excluding carboxylic acids is 2. The Kier molecular flexibility index (Phi) is 12.6. The van der Waals surface area contributed by atoms with Crippen LogP contribution in [0.1, 0.15) is 78.1 Å². The third-order valence-corrected chi connectivity index (χ3v) is 5.92. The van der Waals surface area contributed by atoms with Gasteiger partial charge in [0.1, 0.15) is 5.78 Å². The van der Waals surface area contributed by atoms with E-state index in [1.807, 2.05) is 12.2 Å². The van der Waals surface area contributed by atoms with Crippen LogP contribution in [-0.2, 0) is 19.1 Å². The van der Waals surface area contributed by atoms with Gasteiger partial charge in [-0.15, -0.1) is 0 Å². The number of nitrogens with zero attached hydrogens (tertiary/aromatic N) is 1. The van der Waals surface area contributed by atoms with Crippen LogP contribution in [0.2, 0.25) is 0 Å². The third kappa shape index (κ3) is 8.96. The molecule has 0 aromatic carbocycles. The first-order chi connectivity index (χ1) is 15.3. The van der Waals surface area contributed by atoms with Gasteiger partial charge in [-0.05, 0) is 32.6 Å². The molecule has 32 heavy (non-hydrogen) atoms. The predicted molar refractivity (Wildman–Crippen MR) is 120 cm³/mol. The Hall–Kier alpha value is -2.46. The van der Waals surface area contributed by atoms with E-state index >= 15 is 0 Å². The highest BCUT2D eigenvalue weighted by Gasteiger charge is 2.53. The zero-order valence-electron chi connectivity index (χ0n) is 19.3. The van der Waals surface area contributed by atoms with Crippen LogP contribution in [0.25, 0.3) is 0 Å². The fraction of sp³-hybridized carbons (Fsp3) is 0.680. The van der Waals surface area contributed by atoms with Gasteiger partial charge >= 0.3 is 11.9 Å². The van der Waals surface area contributed by atoms with Crippen molar-refractivity contribution in [1.29, 1.82) is 5.26 Å². The second-order valence-electron chi connectivity index (χ2n) is 8.47. The summed E-state index contributed by atoms with van der Waals surface area (Å²) in [4.78, 5) is 35.7. The number of allylic oxidation sites excluding steroid dienone is 3. The minimum absolute atomic E-state index is 0.0270. The Labute approximate surface area is 191 Å². The first-order valence-corrected chi connectivity index (χ1v) is 11.6. The van der Waals surface area contributed by atoms with Gasteiger partial charge in [-0.3, -0.25) is 14.4 Å². The maximum atomic E-state index is 12.9. The average molecular weight is 448 g/mol. The molecule has 2 N–H and O–H groups in total. The number of rotatable bonds is 15. The monoisotopic (exact) mass is 447 g/mol. The topological polar surface area (TPSA) is 125 Å². The van der Waals surface area contributed by atoms with E-state index in [2.05, 4.69) is 13.0 Å². The summed E-state index contributed by atoms with van der Waals surface area (Å²) in [6.07, 6.45) is 11.4. The molecule has 0 heterocycles. The summed E-state index contributed by atoms with van der Waals surface area (Å²) in [6.45, 7) is 3.98. The molecule has 0 aromatic rings. The standard InChI is InChI=1S/C25H37NO6/c1-3-5-8-11-19(27)14-15-21-20(12-9-6-7-10-13-23(29)30)22(28)16-25(21,18-26)17-24(31)32-4-2/h6,9,14-15,19-21,27H,3-5,7-8,10-13,16-17H2,1-2H3,(H,29,30). The summed E-state index contributed by atoms with van der Waals surface area (Å²) in [5.74, 6) is -2.41. The second-order valence-corrected chi connectivity index (χ2v) is 8.47. The van der Waals surface area contributed by atoms with E-state index in [0.717, 1.165) is 19.3 Å². The molecule has 4 atom stereocenters. The van der Waals surface area contributed by atoms with Crippen molar-refractivity contribution in [3.8, 4) is 6.07 Å². The summed E-state index contributed by atoms with van der Waals surface area (Å²) in [5, 5.41) is 29.0. The van der Waals surface area contributed by atoms with Gasteiger partial charge in [-0.2, -0.15) is 5.26 Å². The number of unbranched alkanes of at least 4 members (excludes halogenated alkanes) is 3. The molecule has 0 amide bonds. The Morgan fingerprint density at radius 3 is 2.66 bits per heavy atom. The van der Waals surface area contributed by atoms with Crippen LogP contribution in [-0.4, -0.2) is 40.6 Å². The van der Waals surface area contributed by atoms with Gasteiger partial charge in [-0.1, -0.05) is 50.5 Å². The molecule has 1 aliphatic rings. The van der Waals surface area contributed by atoms with Gasteiger partial charge in [0, 0.05) is 24.7 Å². The summed E-state index contributed by atoms with van der Waals surface area (Å²) in [7, 11) is 0. The molecular formula is C25H37NO6. The lowest BCUT2D eigenvalue weighted by atomic mass is 9.73. The van der Waals surface area contributed by atoms with Crippen molar-refractivity contribution < 1.29 is 29.3 Å². The Balaban J connectivity index is 2.99. The lowest BCUT2D eigenvalue weighted by Gasteiger charge is -2.27. The minimum Gasteiger partial charge on any atom is -0.481 e. The molecule has 7 heteroatoms. The lowest BCUT2D eigenvalue weighted by molar-refractivity contribution is -0.145. The van der Waals surface area contributed by atoms with Gasteiger partial charge < -0.3 is 14.9 Å². The molecule has 1 saturated carbocycles. The zero-order valence-corrected chi connectivity index (χ0v) is 19.3. The van der Waals surface area contributed by atoms with Crippen LogP contribution in [0.3, 0.4) is 0 Å². The lowest BCUT2D eigenvalue weighted by Crippen LogP contribution is -2.29. The number of hydrogen-bond acceptors (Lipinski definition) is 6. The predicted octanol–water partition coefficient (Wildman–Crippen LogP) is 4.35. The number of esters is 1. The van der Waals surface area contributed by atoms with E-state index in [9.17, 15) is 24.8 Å². The number of ether oxygens (including phenoxy) is 1. The SMILES string of the molecule is CCCCCC(O)C=CC1C(CC=CCCCC(=O)O)C(=O)CC1(C#N)CC(=O)OCC. The quantitative estimate of drug-likeness (QED) is 0.217. The number of aliphatic hydroxyl groups is 1. The maximum Gasteiger partial charge on any atom is 0.307 e. The zero-order chi connectivity index (χ0) is 24.0. The molecule has 1 fully saturated rings. The van der Waals surface area contributed by atoms with Gasteiger partial charge in [0.05, 0.1) is 30.6 Å². The second kappa shape index (κ2) is 14.6. The first-order valence-electron chi connectivity index (χ1n) is 11.6. The van der Waals surface area contributed by atoms with Gasteiger partial charge in [0.2, 0.25) is 0 Å². The Morgan fingerprint density at radius 1 is 1.28 bits per heavy atom. The van der Waals surface area contributed by atoms with E-state index in [0.29, 0.717) is 25.7 Å². The van der Waals surface area contributed by atoms with Gasteiger partial charge in [0.25, 0.3) is 0 Å². The third-order valence-electron chi connectivity index (χ3n) is 5.92. The molecule has 1 rings (SSSR count). The number of hydrogen-bond donors (Lipinski definition) is 2. The van der Waals surface area contributed by atoms with Crippen LogP contribution >= 0.6 is 0 Å². The van der Waals surface area contributed by atoms with E-state index in [1.54, 1.807) is 19.1 Å². The number of carboxylic acids is 1. The molecule has 0 aliphatic heterocycles. The molecule has 7 nitrogen and oxygen atoms in total. The van der Waals surface area contributed by atoms with Crippen LogP contribution in [0, 0.1) is 28.6 Å². The molecule has 178 valence electrons. The van der Waals surface area contributed by atoms with Crippen molar-refractivity contribution in [3.05, 3.63) is 24.3 Å². The van der Waals surface area contributed by atoms with Crippen molar-refractivity contribution in [2.45, 2.75) is 84.2 Å². The molecular weight excluding hydrogens is 410 g/mol. The highest BCUT2D eigenvalue weighted by Crippen LogP contribution is 2.49. The van der Waals surface area contributed by atoms with Crippen molar-refractivity contribution in [2.75, 3.05) is 6.61 Å². The maximum absolute atomic E-state index is 12.9. The fourth-order valence-corrected chi connectivity index (χ4v) is 4.22. The van der Waals surface area contributed by atoms with Crippen LogP contribution < -0.4 is 0 Å². The number of Topliss-reactive ketones (excluding diaryl/α,β-unsaturated/α-hetero) is 1. The van der Waals surface area contributed by atoms with E-state index in [1.165, 1.54) is 0 Å². The number of carboxylic acid groups (broad SMARTS) is 1. The molecule has 1 aliphatic carbocycles. The molecule has 4 unspecified atom stereocenters. The smallest absolute Gasteiger partial charge is 0.307 e. The molecule has 0 spiro atoms. The number of carbonyl (C=O) groups is 3. The van der Waals surface area contributed by atoms with Gasteiger partial charge in [0.15, 0.2) is 0 Å². The van der Waals surface area contributed by atoms with Gasteiger partial charge in [-0.25, -0.2) is 0 Å². The van der Waals surface area contributed by atoms with Crippen LogP contribution in [0.4, 0.5) is 0 Å². The summed E-state index contributed by atoms with van der Waals surface area (Å²) in [6, 6.07) is 2.23. The molecule has 0 bridgehead atoms. The molecule has 0 aromatic heterocycles. The van der Waals surface area contributed by atoms with Crippen molar-refractivity contribution >= 4 is 17.7 Å². The largest absolute Gasteiger partial charge is 0.481 e. The highest BCUT2D eigenvalue weighted by atomic mass is 16.5. The van der Waals surface area contributed by atoms with E-state index in [4.69, 9.17) is 9.84 Å². The normalized spacial score (nSPS) is 24.1. The van der Waals surface area contributed by atoms with E-state index < -0.39 is 35.3 Å². The highest BCUT2D eigenvalue weighted by molar-refractivity contribution is 5.87. The number of ketones is 1. The number of aliphatic carboxylic acids is 1. The number of nitriles is 1. The van der Waals surface area contributed by atoms with Crippen LogP contribution in [0.5, 0.6) is 0 Å². The first kappa shape index (κ1) is 27.6. The Bertz CT molecular complexity index is 722.